The number of rotatable bonds is 7. The lowest BCUT2D eigenvalue weighted by molar-refractivity contribution is 0.180. The maximum Gasteiger partial charge on any atom is 0.0786 e. The van der Waals surface area contributed by atoms with Gasteiger partial charge < -0.3 is 21.5 Å². The second kappa shape index (κ2) is 7.49. The molecular formula is C8H21N3O. The second-order valence-electron chi connectivity index (χ2n) is 3.20. The summed E-state index contributed by atoms with van der Waals surface area (Å²) in [4.78, 5) is 0. The first-order valence-electron chi connectivity index (χ1n) is 4.49. The molecule has 0 fully saturated rings. The van der Waals surface area contributed by atoms with Crippen molar-refractivity contribution < 1.29 is 5.11 Å². The van der Waals surface area contributed by atoms with E-state index in [4.69, 9.17) is 10.8 Å². The molecule has 1 unspecified atom stereocenters. The monoisotopic (exact) mass is 175 g/mol. The van der Waals surface area contributed by atoms with Gasteiger partial charge in [0.15, 0.2) is 0 Å². The Morgan fingerprint density at radius 1 is 1.33 bits per heavy atom. The van der Waals surface area contributed by atoms with E-state index in [0.29, 0.717) is 19.1 Å². The molecule has 0 radical (unpaired) electrons. The first-order valence-corrected chi connectivity index (χ1v) is 4.49. The van der Waals surface area contributed by atoms with Gasteiger partial charge in [0.05, 0.1) is 6.10 Å². The Balaban J connectivity index is 3.00. The number of aliphatic hydroxyl groups is 1. The number of aliphatic hydroxyl groups excluding tert-OH is 1. The zero-order valence-electron chi connectivity index (χ0n) is 8.01. The fourth-order valence-electron chi connectivity index (χ4n) is 0.801. The molecule has 0 saturated carbocycles. The molecule has 5 N–H and O–H groups in total. The van der Waals surface area contributed by atoms with Gasteiger partial charge >= 0.3 is 0 Å². The third-order valence-corrected chi connectivity index (χ3v) is 1.51. The van der Waals surface area contributed by atoms with Crippen molar-refractivity contribution in [3.63, 3.8) is 0 Å². The van der Waals surface area contributed by atoms with E-state index >= 15 is 0 Å². The minimum absolute atomic E-state index is 0.324. The van der Waals surface area contributed by atoms with E-state index in [1.807, 2.05) is 0 Å². The zero-order chi connectivity index (χ0) is 9.40. The molecule has 0 spiro atoms. The molecule has 0 aliphatic heterocycles. The molecule has 74 valence electrons. The maximum absolute atomic E-state index is 9.06. The summed E-state index contributed by atoms with van der Waals surface area (Å²) in [7, 11) is 0. The highest BCUT2D eigenvalue weighted by molar-refractivity contribution is 4.61. The van der Waals surface area contributed by atoms with Crippen LogP contribution in [0.1, 0.15) is 13.8 Å². The van der Waals surface area contributed by atoms with E-state index < -0.39 is 6.10 Å². The fraction of sp³-hybridized carbons (Fsp3) is 1.00. The SMILES string of the molecule is CC(C)NCCNCC(O)CN. The Bertz CT molecular complexity index is 98.3. The molecule has 0 aromatic rings. The lowest BCUT2D eigenvalue weighted by Gasteiger charge is -2.11. The quantitative estimate of drug-likeness (QED) is 0.370. The molecule has 0 bridgehead atoms. The molecule has 12 heavy (non-hydrogen) atoms. The number of hydrogen-bond acceptors (Lipinski definition) is 4. The topological polar surface area (TPSA) is 70.3 Å². The lowest BCUT2D eigenvalue weighted by atomic mass is 10.3. The number of hydrogen-bond donors (Lipinski definition) is 4. The van der Waals surface area contributed by atoms with Crippen LogP contribution in [-0.2, 0) is 0 Å². The van der Waals surface area contributed by atoms with Crippen LogP contribution in [0, 0.1) is 0 Å². The Morgan fingerprint density at radius 2 is 2.00 bits per heavy atom. The van der Waals surface area contributed by atoms with Crippen LogP contribution >= 0.6 is 0 Å². The summed E-state index contributed by atoms with van der Waals surface area (Å²) in [5.41, 5.74) is 5.23. The van der Waals surface area contributed by atoms with Crippen molar-refractivity contribution >= 4 is 0 Å². The van der Waals surface area contributed by atoms with E-state index in [2.05, 4.69) is 24.5 Å². The molecule has 0 rings (SSSR count). The van der Waals surface area contributed by atoms with Crippen LogP contribution in [0.4, 0.5) is 0 Å². The summed E-state index contributed by atoms with van der Waals surface area (Å²) in [6, 6.07) is 0.520. The first-order chi connectivity index (χ1) is 5.66. The summed E-state index contributed by atoms with van der Waals surface area (Å²) < 4.78 is 0. The highest BCUT2D eigenvalue weighted by Crippen LogP contribution is 1.75. The summed E-state index contributed by atoms with van der Waals surface area (Å²) in [5.74, 6) is 0. The molecule has 1 atom stereocenters. The molecule has 4 heteroatoms. The Labute approximate surface area is 74.5 Å². The third kappa shape index (κ3) is 7.94. The van der Waals surface area contributed by atoms with Crippen molar-refractivity contribution in [1.29, 1.82) is 0 Å². The molecule has 0 aliphatic rings. The van der Waals surface area contributed by atoms with Gasteiger partial charge in [-0.2, -0.15) is 0 Å². The minimum atomic E-state index is -0.413. The van der Waals surface area contributed by atoms with Crippen LogP contribution in [0.3, 0.4) is 0 Å². The molecule has 0 aliphatic carbocycles. The van der Waals surface area contributed by atoms with Crippen LogP contribution in [0.2, 0.25) is 0 Å². The Kier molecular flexibility index (Phi) is 7.39. The molecular weight excluding hydrogens is 154 g/mol. The van der Waals surface area contributed by atoms with Gasteiger partial charge in [0.1, 0.15) is 0 Å². The van der Waals surface area contributed by atoms with Crippen molar-refractivity contribution in [2.75, 3.05) is 26.2 Å². The van der Waals surface area contributed by atoms with E-state index in [-0.39, 0.29) is 0 Å². The van der Waals surface area contributed by atoms with Crippen molar-refractivity contribution in [1.82, 2.24) is 10.6 Å². The average Bonchev–Trinajstić information content (AvgIpc) is 2.03. The zero-order valence-corrected chi connectivity index (χ0v) is 8.01. The van der Waals surface area contributed by atoms with E-state index in [0.717, 1.165) is 13.1 Å². The maximum atomic E-state index is 9.06. The average molecular weight is 175 g/mol. The predicted molar refractivity (Wildman–Crippen MR) is 51.1 cm³/mol. The summed E-state index contributed by atoms with van der Waals surface area (Å²) in [6.45, 7) is 6.91. The van der Waals surface area contributed by atoms with Gasteiger partial charge in [-0.05, 0) is 0 Å². The Hall–Kier alpha value is -0.160. The van der Waals surface area contributed by atoms with Gasteiger partial charge in [-0.1, -0.05) is 13.8 Å². The van der Waals surface area contributed by atoms with E-state index in [1.165, 1.54) is 0 Å². The van der Waals surface area contributed by atoms with Gasteiger partial charge in [0.2, 0.25) is 0 Å². The molecule has 0 saturated heterocycles. The highest BCUT2D eigenvalue weighted by Gasteiger charge is 1.98. The summed E-state index contributed by atoms with van der Waals surface area (Å²) in [6.07, 6.45) is -0.413. The van der Waals surface area contributed by atoms with Crippen molar-refractivity contribution in [2.24, 2.45) is 5.73 Å². The predicted octanol–water partition coefficient (Wildman–Crippen LogP) is -1.11. The third-order valence-electron chi connectivity index (χ3n) is 1.51. The molecule has 0 heterocycles. The van der Waals surface area contributed by atoms with Crippen LogP contribution < -0.4 is 16.4 Å². The van der Waals surface area contributed by atoms with Crippen LogP contribution in [-0.4, -0.2) is 43.4 Å². The van der Waals surface area contributed by atoms with Crippen molar-refractivity contribution in [3.05, 3.63) is 0 Å². The van der Waals surface area contributed by atoms with E-state index in [9.17, 15) is 0 Å². The minimum Gasteiger partial charge on any atom is -0.390 e. The number of nitrogens with one attached hydrogen (secondary N) is 2. The molecule has 0 aromatic heterocycles. The summed E-state index contributed by atoms with van der Waals surface area (Å²) >= 11 is 0. The van der Waals surface area contributed by atoms with Gasteiger partial charge in [-0.3, -0.25) is 0 Å². The molecule has 4 nitrogen and oxygen atoms in total. The lowest BCUT2D eigenvalue weighted by Crippen LogP contribution is -2.37. The van der Waals surface area contributed by atoms with Gasteiger partial charge in [0, 0.05) is 32.2 Å². The molecule has 0 aromatic carbocycles. The van der Waals surface area contributed by atoms with E-state index in [1.54, 1.807) is 0 Å². The van der Waals surface area contributed by atoms with Gasteiger partial charge in [-0.25, -0.2) is 0 Å². The highest BCUT2D eigenvalue weighted by atomic mass is 16.3. The van der Waals surface area contributed by atoms with Crippen LogP contribution in [0.25, 0.3) is 0 Å². The number of nitrogens with two attached hydrogens (primary N) is 1. The Morgan fingerprint density at radius 3 is 2.50 bits per heavy atom. The smallest absolute Gasteiger partial charge is 0.0786 e. The standard InChI is InChI=1S/C8H21N3O/c1-7(2)11-4-3-10-6-8(12)5-9/h7-8,10-12H,3-6,9H2,1-2H3. The first kappa shape index (κ1) is 11.8. The fourth-order valence-corrected chi connectivity index (χ4v) is 0.801. The van der Waals surface area contributed by atoms with Crippen LogP contribution in [0.5, 0.6) is 0 Å². The van der Waals surface area contributed by atoms with Gasteiger partial charge in [-0.15, -0.1) is 0 Å². The van der Waals surface area contributed by atoms with Crippen molar-refractivity contribution in [3.8, 4) is 0 Å². The second-order valence-corrected chi connectivity index (χ2v) is 3.20. The van der Waals surface area contributed by atoms with Gasteiger partial charge in [0.25, 0.3) is 0 Å². The molecule has 0 amide bonds. The largest absolute Gasteiger partial charge is 0.390 e. The normalized spacial score (nSPS) is 13.8. The van der Waals surface area contributed by atoms with Crippen molar-refractivity contribution in [2.45, 2.75) is 26.0 Å². The van der Waals surface area contributed by atoms with Crippen LogP contribution in [0.15, 0.2) is 0 Å². The summed E-state index contributed by atoms with van der Waals surface area (Å²) in [5, 5.41) is 15.4.